The first-order valence-electron chi connectivity index (χ1n) is 7.35. The number of aliphatic hydroxyl groups is 1. The van der Waals surface area contributed by atoms with Crippen molar-refractivity contribution in [2.75, 3.05) is 27.2 Å². The lowest BCUT2D eigenvalue weighted by Crippen LogP contribution is -2.41. The van der Waals surface area contributed by atoms with Gasteiger partial charge in [-0.2, -0.15) is 0 Å². The predicted octanol–water partition coefficient (Wildman–Crippen LogP) is 2.37. The first-order valence-corrected chi connectivity index (χ1v) is 7.35. The van der Waals surface area contributed by atoms with Gasteiger partial charge in [0.2, 0.25) is 0 Å². The van der Waals surface area contributed by atoms with Crippen molar-refractivity contribution in [1.82, 2.24) is 4.90 Å². The molecule has 2 unspecified atom stereocenters. The zero-order chi connectivity index (χ0) is 14.2. The summed E-state index contributed by atoms with van der Waals surface area (Å²) in [7, 11) is 3.79. The van der Waals surface area contributed by atoms with Gasteiger partial charge >= 0.3 is 0 Å². The summed E-state index contributed by atoms with van der Waals surface area (Å²) >= 11 is 0. The molecule has 1 aromatic rings. The molecule has 1 aromatic carbocycles. The van der Waals surface area contributed by atoms with Crippen LogP contribution in [-0.2, 0) is 0 Å². The zero-order valence-electron chi connectivity index (χ0n) is 12.3. The van der Waals surface area contributed by atoms with E-state index in [9.17, 15) is 5.11 Å². The molecule has 2 atom stereocenters. The van der Waals surface area contributed by atoms with Gasteiger partial charge in [0.15, 0.2) is 0 Å². The number of aliphatic hydroxyl groups excluding tert-OH is 1. The Hall–Kier alpha value is -1.26. The zero-order valence-corrected chi connectivity index (χ0v) is 12.3. The average molecular weight is 277 g/mol. The minimum atomic E-state index is -0.461. The highest BCUT2D eigenvalue weighted by Gasteiger charge is 2.41. The van der Waals surface area contributed by atoms with Crippen molar-refractivity contribution in [3.63, 3.8) is 0 Å². The van der Waals surface area contributed by atoms with E-state index in [4.69, 9.17) is 9.47 Å². The second kappa shape index (κ2) is 5.26. The molecule has 0 aliphatic carbocycles. The van der Waals surface area contributed by atoms with Crippen LogP contribution in [-0.4, -0.2) is 42.9 Å². The van der Waals surface area contributed by atoms with Gasteiger partial charge in [0, 0.05) is 18.5 Å². The minimum Gasteiger partial charge on any atom is -0.497 e. The molecule has 0 radical (unpaired) electrons. The molecule has 3 rings (SSSR count). The number of hydrogen-bond acceptors (Lipinski definition) is 4. The van der Waals surface area contributed by atoms with Gasteiger partial charge in [-0.3, -0.25) is 0 Å². The topological polar surface area (TPSA) is 41.9 Å². The number of benzene rings is 1. The van der Waals surface area contributed by atoms with E-state index >= 15 is 0 Å². The molecule has 1 saturated heterocycles. The van der Waals surface area contributed by atoms with Crippen molar-refractivity contribution in [3.8, 4) is 11.5 Å². The summed E-state index contributed by atoms with van der Waals surface area (Å²) in [4.78, 5) is 2.34. The van der Waals surface area contributed by atoms with E-state index in [0.717, 1.165) is 49.4 Å². The van der Waals surface area contributed by atoms with E-state index in [2.05, 4.69) is 11.9 Å². The standard InChI is InChI=1S/C16H23NO3/c1-17-8-3-6-16(7-9-17)11-14(18)13-10-12(19-2)4-5-15(13)20-16/h4-5,10,14,18H,3,6-9,11H2,1-2H3. The quantitative estimate of drug-likeness (QED) is 0.855. The summed E-state index contributed by atoms with van der Waals surface area (Å²) in [5, 5.41) is 10.5. The monoisotopic (exact) mass is 277 g/mol. The normalized spacial score (nSPS) is 30.4. The summed E-state index contributed by atoms with van der Waals surface area (Å²) in [6.07, 6.45) is 3.33. The van der Waals surface area contributed by atoms with E-state index < -0.39 is 6.10 Å². The van der Waals surface area contributed by atoms with Gasteiger partial charge in [0.05, 0.1) is 13.2 Å². The molecule has 0 aromatic heterocycles. The molecule has 2 aliphatic rings. The second-order valence-electron chi connectivity index (χ2n) is 6.07. The maximum atomic E-state index is 10.5. The number of nitrogens with zero attached hydrogens (tertiary/aromatic N) is 1. The molecule has 1 spiro atoms. The lowest BCUT2D eigenvalue weighted by molar-refractivity contribution is -0.0237. The maximum absolute atomic E-state index is 10.5. The lowest BCUT2D eigenvalue weighted by Gasteiger charge is -2.40. The first-order chi connectivity index (χ1) is 9.62. The Labute approximate surface area is 120 Å². The fourth-order valence-electron chi connectivity index (χ4n) is 3.35. The van der Waals surface area contributed by atoms with E-state index in [1.54, 1.807) is 7.11 Å². The highest BCUT2D eigenvalue weighted by molar-refractivity contribution is 5.43. The van der Waals surface area contributed by atoms with Crippen LogP contribution in [0.15, 0.2) is 18.2 Å². The van der Waals surface area contributed by atoms with Gasteiger partial charge in [-0.05, 0) is 51.1 Å². The van der Waals surface area contributed by atoms with Gasteiger partial charge in [-0.25, -0.2) is 0 Å². The van der Waals surface area contributed by atoms with Crippen molar-refractivity contribution in [2.45, 2.75) is 37.4 Å². The molecule has 2 heterocycles. The van der Waals surface area contributed by atoms with E-state index in [1.807, 2.05) is 18.2 Å². The molecule has 110 valence electrons. The predicted molar refractivity (Wildman–Crippen MR) is 77.3 cm³/mol. The molecular weight excluding hydrogens is 254 g/mol. The third kappa shape index (κ3) is 2.50. The Balaban J connectivity index is 1.88. The van der Waals surface area contributed by atoms with Gasteiger partial charge in [0.25, 0.3) is 0 Å². The highest BCUT2D eigenvalue weighted by Crippen LogP contribution is 2.45. The van der Waals surface area contributed by atoms with Crippen LogP contribution in [0.25, 0.3) is 0 Å². The van der Waals surface area contributed by atoms with Crippen LogP contribution in [0.1, 0.15) is 37.4 Å². The molecule has 0 bridgehead atoms. The SMILES string of the molecule is COc1ccc2c(c1)C(O)CC1(CCCN(C)CC1)O2. The summed E-state index contributed by atoms with van der Waals surface area (Å²) in [5.74, 6) is 1.58. The Bertz CT molecular complexity index is 491. The molecule has 4 nitrogen and oxygen atoms in total. The second-order valence-corrected chi connectivity index (χ2v) is 6.07. The fourth-order valence-corrected chi connectivity index (χ4v) is 3.35. The maximum Gasteiger partial charge on any atom is 0.126 e. The van der Waals surface area contributed by atoms with Gasteiger partial charge in [0.1, 0.15) is 17.1 Å². The van der Waals surface area contributed by atoms with Crippen LogP contribution in [0.4, 0.5) is 0 Å². The Kier molecular flexibility index (Phi) is 3.61. The summed E-state index contributed by atoms with van der Waals surface area (Å²) < 4.78 is 11.5. The summed E-state index contributed by atoms with van der Waals surface area (Å²) in [5.41, 5.74) is 0.652. The molecule has 1 N–H and O–H groups in total. The minimum absolute atomic E-state index is 0.203. The average Bonchev–Trinajstić information content (AvgIpc) is 2.61. The highest BCUT2D eigenvalue weighted by atomic mass is 16.5. The van der Waals surface area contributed by atoms with Crippen molar-refractivity contribution in [2.24, 2.45) is 0 Å². The number of methoxy groups -OCH3 is 1. The Morgan fingerprint density at radius 2 is 2.20 bits per heavy atom. The van der Waals surface area contributed by atoms with Crippen molar-refractivity contribution in [3.05, 3.63) is 23.8 Å². The molecule has 20 heavy (non-hydrogen) atoms. The Morgan fingerprint density at radius 3 is 3.00 bits per heavy atom. The molecule has 1 fully saturated rings. The number of hydrogen-bond donors (Lipinski definition) is 1. The lowest BCUT2D eigenvalue weighted by atomic mass is 9.83. The van der Waals surface area contributed by atoms with Crippen LogP contribution < -0.4 is 9.47 Å². The van der Waals surface area contributed by atoms with E-state index in [0.29, 0.717) is 6.42 Å². The molecule has 0 saturated carbocycles. The first kappa shape index (κ1) is 13.7. The molecule has 2 aliphatic heterocycles. The Morgan fingerprint density at radius 1 is 1.35 bits per heavy atom. The fraction of sp³-hybridized carbons (Fsp3) is 0.625. The number of fused-ring (bicyclic) bond motifs is 1. The van der Waals surface area contributed by atoms with Crippen LogP contribution in [0.5, 0.6) is 11.5 Å². The van der Waals surface area contributed by atoms with Crippen LogP contribution in [0.2, 0.25) is 0 Å². The molecular formula is C16H23NO3. The van der Waals surface area contributed by atoms with Gasteiger partial charge < -0.3 is 19.5 Å². The molecule has 4 heteroatoms. The van der Waals surface area contributed by atoms with Crippen molar-refractivity contribution < 1.29 is 14.6 Å². The number of rotatable bonds is 1. The van der Waals surface area contributed by atoms with Crippen LogP contribution in [0.3, 0.4) is 0 Å². The third-order valence-electron chi connectivity index (χ3n) is 4.59. The van der Waals surface area contributed by atoms with Crippen LogP contribution >= 0.6 is 0 Å². The van der Waals surface area contributed by atoms with E-state index in [1.165, 1.54) is 0 Å². The summed E-state index contributed by atoms with van der Waals surface area (Å²) in [6, 6.07) is 5.70. The number of ether oxygens (including phenoxy) is 2. The van der Waals surface area contributed by atoms with Crippen LogP contribution in [0, 0.1) is 0 Å². The summed E-state index contributed by atoms with van der Waals surface area (Å²) in [6.45, 7) is 2.13. The largest absolute Gasteiger partial charge is 0.497 e. The third-order valence-corrected chi connectivity index (χ3v) is 4.59. The van der Waals surface area contributed by atoms with E-state index in [-0.39, 0.29) is 5.60 Å². The van der Waals surface area contributed by atoms with Gasteiger partial charge in [-0.1, -0.05) is 0 Å². The smallest absolute Gasteiger partial charge is 0.126 e. The van der Waals surface area contributed by atoms with Crippen molar-refractivity contribution in [1.29, 1.82) is 0 Å². The van der Waals surface area contributed by atoms with Crippen molar-refractivity contribution >= 4 is 0 Å². The molecule has 0 amide bonds. The number of likely N-dealkylation sites (tertiary alicyclic amines) is 1. The van der Waals surface area contributed by atoms with Gasteiger partial charge in [-0.15, -0.1) is 0 Å².